The third-order valence-corrected chi connectivity index (χ3v) is 7.27. The molecule has 190 valence electrons. The minimum atomic E-state index is -0.589. The number of amides is 2. The Morgan fingerprint density at radius 1 is 0.861 bits per heavy atom. The molecule has 0 bridgehead atoms. The Hall–Kier alpha value is -3.05. The maximum atomic E-state index is 13.7. The Bertz CT molecular complexity index is 1130. The van der Waals surface area contributed by atoms with E-state index in [1.165, 1.54) is 11.1 Å². The van der Waals surface area contributed by atoms with Crippen molar-refractivity contribution < 1.29 is 9.59 Å². The lowest BCUT2D eigenvalue weighted by molar-refractivity contribution is -0.139. The van der Waals surface area contributed by atoms with E-state index in [1.807, 2.05) is 68.4 Å². The summed E-state index contributed by atoms with van der Waals surface area (Å²) in [6, 6.07) is 25.9. The summed E-state index contributed by atoms with van der Waals surface area (Å²) in [6.45, 7) is 8.57. The van der Waals surface area contributed by atoms with Gasteiger partial charge in [-0.05, 0) is 43.9 Å². The van der Waals surface area contributed by atoms with Crippen molar-refractivity contribution in [3.63, 3.8) is 0 Å². The molecule has 0 fully saturated rings. The van der Waals surface area contributed by atoms with Crippen LogP contribution in [-0.2, 0) is 28.3 Å². The van der Waals surface area contributed by atoms with E-state index >= 15 is 0 Å². The van der Waals surface area contributed by atoms with Crippen LogP contribution in [0.15, 0.2) is 78.9 Å². The van der Waals surface area contributed by atoms with Gasteiger partial charge in [0.05, 0.1) is 5.75 Å². The number of carbonyl (C=O) groups excluding carboxylic acids is 2. The van der Waals surface area contributed by atoms with Gasteiger partial charge in [0.15, 0.2) is 0 Å². The van der Waals surface area contributed by atoms with Gasteiger partial charge < -0.3 is 10.2 Å². The number of nitrogens with zero attached hydrogens (tertiary/aromatic N) is 1. The zero-order chi connectivity index (χ0) is 25.9. The number of hydrogen-bond acceptors (Lipinski definition) is 3. The fourth-order valence-corrected chi connectivity index (χ4v) is 5.00. The standard InChI is InChI=1S/C31H38N2O2S/c1-5-25(4)32-31(35)29(19-26-13-7-6-8-14-26)33(20-27-15-9-11-23(2)17-27)30(34)22-36-21-28-16-10-12-24(3)18-28/h6-18,25,29H,5,19-22H2,1-4H3,(H,32,35)/t25-,29+/m1/s1. The van der Waals surface area contributed by atoms with Crippen molar-refractivity contribution in [2.24, 2.45) is 0 Å². The topological polar surface area (TPSA) is 49.4 Å². The van der Waals surface area contributed by atoms with Gasteiger partial charge in [0, 0.05) is 24.8 Å². The second kappa shape index (κ2) is 13.9. The van der Waals surface area contributed by atoms with E-state index in [2.05, 4.69) is 43.4 Å². The van der Waals surface area contributed by atoms with Crippen molar-refractivity contribution in [1.29, 1.82) is 0 Å². The molecule has 2 atom stereocenters. The smallest absolute Gasteiger partial charge is 0.243 e. The summed E-state index contributed by atoms with van der Waals surface area (Å²) in [5.74, 6) is 0.961. The highest BCUT2D eigenvalue weighted by atomic mass is 32.2. The van der Waals surface area contributed by atoms with Gasteiger partial charge in [-0.2, -0.15) is 0 Å². The second-order valence-electron chi connectivity index (χ2n) is 9.52. The molecule has 2 amide bonds. The zero-order valence-corrected chi connectivity index (χ0v) is 22.7. The fraction of sp³-hybridized carbons (Fsp3) is 0.355. The number of thioether (sulfide) groups is 1. The Morgan fingerprint density at radius 2 is 1.47 bits per heavy atom. The highest BCUT2D eigenvalue weighted by Crippen LogP contribution is 2.19. The first kappa shape index (κ1) is 27.5. The molecule has 0 heterocycles. The molecule has 0 radical (unpaired) electrons. The highest BCUT2D eigenvalue weighted by Gasteiger charge is 2.30. The summed E-state index contributed by atoms with van der Waals surface area (Å²) in [6.07, 6.45) is 1.31. The van der Waals surface area contributed by atoms with E-state index in [0.717, 1.165) is 28.9 Å². The monoisotopic (exact) mass is 502 g/mol. The molecule has 0 saturated carbocycles. The number of nitrogens with one attached hydrogen (secondary N) is 1. The van der Waals surface area contributed by atoms with E-state index in [4.69, 9.17) is 0 Å². The number of aryl methyl sites for hydroxylation is 2. The van der Waals surface area contributed by atoms with E-state index in [0.29, 0.717) is 18.7 Å². The number of benzene rings is 3. The van der Waals surface area contributed by atoms with Crippen molar-refractivity contribution >= 4 is 23.6 Å². The van der Waals surface area contributed by atoms with Crippen LogP contribution in [-0.4, -0.2) is 34.6 Å². The first-order valence-corrected chi connectivity index (χ1v) is 13.8. The quantitative estimate of drug-likeness (QED) is 0.326. The maximum absolute atomic E-state index is 13.7. The fourth-order valence-electron chi connectivity index (χ4n) is 4.14. The number of hydrogen-bond donors (Lipinski definition) is 1. The average molecular weight is 503 g/mol. The van der Waals surface area contributed by atoms with Crippen LogP contribution in [0.4, 0.5) is 0 Å². The lowest BCUT2D eigenvalue weighted by atomic mass is 10.0. The molecule has 5 heteroatoms. The molecule has 36 heavy (non-hydrogen) atoms. The van der Waals surface area contributed by atoms with E-state index < -0.39 is 6.04 Å². The third-order valence-electron chi connectivity index (χ3n) is 6.28. The average Bonchev–Trinajstić information content (AvgIpc) is 2.86. The third kappa shape index (κ3) is 8.56. The van der Waals surface area contributed by atoms with Gasteiger partial charge in [-0.15, -0.1) is 11.8 Å². The molecule has 3 aromatic carbocycles. The summed E-state index contributed by atoms with van der Waals surface area (Å²) in [7, 11) is 0. The van der Waals surface area contributed by atoms with E-state index in [9.17, 15) is 9.59 Å². The van der Waals surface area contributed by atoms with E-state index in [-0.39, 0.29) is 17.9 Å². The SMILES string of the molecule is CC[C@@H](C)NC(=O)[C@H](Cc1ccccc1)N(Cc1cccc(C)c1)C(=O)CSCc1cccc(C)c1. The van der Waals surface area contributed by atoms with Gasteiger partial charge in [0.2, 0.25) is 11.8 Å². The van der Waals surface area contributed by atoms with Gasteiger partial charge in [-0.3, -0.25) is 9.59 Å². The van der Waals surface area contributed by atoms with Crippen LogP contribution in [0, 0.1) is 13.8 Å². The minimum absolute atomic E-state index is 0.0191. The lowest BCUT2D eigenvalue weighted by Gasteiger charge is -2.32. The van der Waals surface area contributed by atoms with Crippen LogP contribution in [0.3, 0.4) is 0 Å². The van der Waals surface area contributed by atoms with Gasteiger partial charge >= 0.3 is 0 Å². The molecule has 0 aliphatic rings. The Kier molecular flexibility index (Phi) is 10.6. The van der Waals surface area contributed by atoms with Crippen LogP contribution in [0.1, 0.15) is 48.1 Å². The molecule has 0 unspecified atom stereocenters. The van der Waals surface area contributed by atoms with Gasteiger partial charge in [0.1, 0.15) is 6.04 Å². The van der Waals surface area contributed by atoms with Gasteiger partial charge in [0.25, 0.3) is 0 Å². The van der Waals surface area contributed by atoms with Gasteiger partial charge in [-0.25, -0.2) is 0 Å². The minimum Gasteiger partial charge on any atom is -0.352 e. The van der Waals surface area contributed by atoms with E-state index in [1.54, 1.807) is 16.7 Å². The van der Waals surface area contributed by atoms with Crippen LogP contribution >= 0.6 is 11.8 Å². The van der Waals surface area contributed by atoms with Crippen molar-refractivity contribution in [2.75, 3.05) is 5.75 Å². The van der Waals surface area contributed by atoms with Crippen molar-refractivity contribution in [3.8, 4) is 0 Å². The maximum Gasteiger partial charge on any atom is 0.243 e. The predicted octanol–water partition coefficient (Wildman–Crippen LogP) is 6.09. The Balaban J connectivity index is 1.85. The molecule has 4 nitrogen and oxygen atoms in total. The summed E-state index contributed by atoms with van der Waals surface area (Å²) in [5.41, 5.74) is 5.62. The molecule has 1 N–H and O–H groups in total. The van der Waals surface area contributed by atoms with Crippen LogP contribution in [0.5, 0.6) is 0 Å². The van der Waals surface area contributed by atoms with Crippen LogP contribution in [0.25, 0.3) is 0 Å². The Labute approximate surface area is 220 Å². The Morgan fingerprint density at radius 3 is 2.11 bits per heavy atom. The molecular formula is C31H38N2O2S. The first-order valence-electron chi connectivity index (χ1n) is 12.7. The summed E-state index contributed by atoms with van der Waals surface area (Å²) in [5, 5.41) is 3.13. The molecule has 0 aliphatic carbocycles. The van der Waals surface area contributed by atoms with Crippen LogP contribution < -0.4 is 5.32 Å². The summed E-state index contributed by atoms with van der Waals surface area (Å²) >= 11 is 1.60. The van der Waals surface area contributed by atoms with Gasteiger partial charge in [-0.1, -0.05) is 96.9 Å². The summed E-state index contributed by atoms with van der Waals surface area (Å²) in [4.78, 5) is 29.0. The zero-order valence-electron chi connectivity index (χ0n) is 21.9. The molecule has 3 rings (SSSR count). The van der Waals surface area contributed by atoms with Crippen molar-refractivity contribution in [2.45, 2.75) is 64.9 Å². The molecule has 0 aromatic heterocycles. The van der Waals surface area contributed by atoms with Crippen molar-refractivity contribution in [1.82, 2.24) is 10.2 Å². The molecule has 3 aromatic rings. The second-order valence-corrected chi connectivity index (χ2v) is 10.5. The lowest BCUT2D eigenvalue weighted by Crippen LogP contribution is -2.52. The number of rotatable bonds is 12. The highest BCUT2D eigenvalue weighted by molar-refractivity contribution is 7.99. The predicted molar refractivity (Wildman–Crippen MR) is 151 cm³/mol. The molecule has 0 spiro atoms. The summed E-state index contributed by atoms with van der Waals surface area (Å²) < 4.78 is 0. The largest absolute Gasteiger partial charge is 0.352 e. The van der Waals surface area contributed by atoms with Crippen LogP contribution in [0.2, 0.25) is 0 Å². The van der Waals surface area contributed by atoms with Crippen molar-refractivity contribution in [3.05, 3.63) is 107 Å². The molecule has 0 saturated heterocycles. The normalized spacial score (nSPS) is 12.6. The first-order chi connectivity index (χ1) is 17.4. The molecule has 0 aliphatic heterocycles. The molecular weight excluding hydrogens is 464 g/mol. The number of carbonyl (C=O) groups is 2.